The summed E-state index contributed by atoms with van der Waals surface area (Å²) in [5, 5.41) is 3.64. The zero-order chi connectivity index (χ0) is 14.6. The first-order valence-corrected chi connectivity index (χ1v) is 6.89. The first-order valence-electron chi connectivity index (χ1n) is 6.89. The van der Waals surface area contributed by atoms with Gasteiger partial charge in [0.05, 0.1) is 11.9 Å². The molecule has 1 atom stereocenters. The van der Waals surface area contributed by atoms with Crippen molar-refractivity contribution in [2.75, 3.05) is 39.6 Å². The highest BCUT2D eigenvalue weighted by atomic mass is 15.3. The highest BCUT2D eigenvalue weighted by Crippen LogP contribution is 2.11. The maximum atomic E-state index is 4.44. The smallest absolute Gasteiger partial charge is 0.204 e. The molecule has 0 radical (unpaired) electrons. The minimum absolute atomic E-state index is 0.493. The number of hydrogen-bond donors (Lipinski definition) is 1. The van der Waals surface area contributed by atoms with Crippen LogP contribution in [0.1, 0.15) is 19.5 Å². The number of aromatic nitrogens is 2. The Labute approximate surface area is 117 Å². The molecule has 1 rings (SSSR count). The van der Waals surface area contributed by atoms with Crippen molar-refractivity contribution < 1.29 is 0 Å². The monoisotopic (exact) mass is 267 g/mol. The van der Waals surface area contributed by atoms with Gasteiger partial charge in [0.25, 0.3) is 0 Å². The van der Waals surface area contributed by atoms with Gasteiger partial charge in [-0.2, -0.15) is 0 Å². The summed E-state index contributed by atoms with van der Waals surface area (Å²) in [5.74, 6) is 1.61. The van der Waals surface area contributed by atoms with Crippen molar-refractivity contribution in [1.82, 2.24) is 19.8 Å². The van der Waals surface area contributed by atoms with Gasteiger partial charge in [0, 0.05) is 40.3 Å². The number of rotatable bonds is 7. The molecule has 0 aliphatic rings. The Morgan fingerprint density at radius 2 is 1.89 bits per heavy atom. The minimum Gasteiger partial charge on any atom is -0.348 e. The molecular formula is C14H29N5. The average Bonchev–Trinajstić information content (AvgIpc) is 2.65. The van der Waals surface area contributed by atoms with E-state index in [9.17, 15) is 0 Å². The van der Waals surface area contributed by atoms with Crippen molar-refractivity contribution in [3.8, 4) is 0 Å². The molecule has 0 fully saturated rings. The summed E-state index contributed by atoms with van der Waals surface area (Å²) in [4.78, 5) is 8.70. The van der Waals surface area contributed by atoms with Crippen LogP contribution in [0.5, 0.6) is 0 Å². The molecule has 1 N–H and O–H groups in total. The molecule has 5 nitrogen and oxygen atoms in total. The van der Waals surface area contributed by atoms with Crippen LogP contribution in [0, 0.1) is 5.92 Å². The molecule has 1 aromatic rings. The van der Waals surface area contributed by atoms with Crippen LogP contribution < -0.4 is 10.2 Å². The Morgan fingerprint density at radius 1 is 1.26 bits per heavy atom. The van der Waals surface area contributed by atoms with Gasteiger partial charge in [-0.05, 0) is 20.0 Å². The summed E-state index contributed by atoms with van der Waals surface area (Å²) >= 11 is 0. The number of nitrogens with zero attached hydrogens (tertiary/aromatic N) is 4. The lowest BCUT2D eigenvalue weighted by atomic mass is 10.0. The predicted octanol–water partition coefficient (Wildman–Crippen LogP) is 1.16. The SMILES string of the molecule is CC(C)C(CN(C)C)NCc1cnc(N(C)C)n1C. The second kappa shape index (κ2) is 6.91. The maximum absolute atomic E-state index is 4.44. The number of hydrogen-bond acceptors (Lipinski definition) is 4. The van der Waals surface area contributed by atoms with Crippen molar-refractivity contribution in [1.29, 1.82) is 0 Å². The molecule has 0 saturated heterocycles. The molecule has 0 amide bonds. The van der Waals surface area contributed by atoms with Crippen LogP contribution in [-0.4, -0.2) is 55.2 Å². The standard InChI is InChI=1S/C14H29N5/c1-11(2)13(10-17(3)4)15-8-12-9-16-14(18(5)6)19(12)7/h9,11,13,15H,8,10H2,1-7H3. The summed E-state index contributed by atoms with van der Waals surface area (Å²) < 4.78 is 2.14. The fraction of sp³-hybridized carbons (Fsp3) is 0.786. The molecule has 0 bridgehead atoms. The molecule has 0 aliphatic heterocycles. The van der Waals surface area contributed by atoms with Gasteiger partial charge in [-0.1, -0.05) is 13.8 Å². The van der Waals surface area contributed by atoms with E-state index in [-0.39, 0.29) is 0 Å². The quantitative estimate of drug-likeness (QED) is 0.804. The zero-order valence-electron chi connectivity index (χ0n) is 13.4. The summed E-state index contributed by atoms with van der Waals surface area (Å²) in [6.07, 6.45) is 1.95. The van der Waals surface area contributed by atoms with E-state index in [1.165, 1.54) is 5.69 Å². The average molecular weight is 267 g/mol. The maximum Gasteiger partial charge on any atom is 0.204 e. The molecule has 5 heteroatoms. The van der Waals surface area contributed by atoms with Crippen LogP contribution in [-0.2, 0) is 13.6 Å². The molecule has 19 heavy (non-hydrogen) atoms. The number of nitrogens with one attached hydrogen (secondary N) is 1. The molecule has 1 aromatic heterocycles. The molecule has 110 valence electrons. The van der Waals surface area contributed by atoms with Gasteiger partial charge in [0.15, 0.2) is 0 Å². The van der Waals surface area contributed by atoms with E-state index in [2.05, 4.69) is 54.8 Å². The van der Waals surface area contributed by atoms with Gasteiger partial charge in [-0.3, -0.25) is 0 Å². The molecular weight excluding hydrogens is 238 g/mol. The zero-order valence-corrected chi connectivity index (χ0v) is 13.4. The normalized spacial score (nSPS) is 13.3. The topological polar surface area (TPSA) is 36.3 Å². The fourth-order valence-corrected chi connectivity index (χ4v) is 2.15. The van der Waals surface area contributed by atoms with E-state index < -0.39 is 0 Å². The largest absolute Gasteiger partial charge is 0.348 e. The molecule has 0 spiro atoms. The highest BCUT2D eigenvalue weighted by Gasteiger charge is 2.15. The van der Waals surface area contributed by atoms with Crippen molar-refractivity contribution >= 4 is 5.95 Å². The van der Waals surface area contributed by atoms with Crippen molar-refractivity contribution in [3.63, 3.8) is 0 Å². The van der Waals surface area contributed by atoms with Crippen LogP contribution >= 0.6 is 0 Å². The first-order chi connectivity index (χ1) is 8.82. The Bertz CT molecular complexity index is 381. The van der Waals surface area contributed by atoms with E-state index >= 15 is 0 Å². The third-order valence-corrected chi connectivity index (χ3v) is 3.37. The van der Waals surface area contributed by atoms with Gasteiger partial charge in [-0.25, -0.2) is 4.98 Å². The van der Waals surface area contributed by atoms with Crippen LogP contribution in [0.2, 0.25) is 0 Å². The lowest BCUT2D eigenvalue weighted by molar-refractivity contribution is 0.287. The molecule has 1 heterocycles. The lowest BCUT2D eigenvalue weighted by Crippen LogP contribution is -2.41. The molecule has 0 saturated carbocycles. The first kappa shape index (κ1) is 16.0. The molecule has 0 aromatic carbocycles. The van der Waals surface area contributed by atoms with Crippen molar-refractivity contribution in [2.24, 2.45) is 13.0 Å². The molecule has 0 aliphatic carbocycles. The van der Waals surface area contributed by atoms with Crippen LogP contribution in [0.25, 0.3) is 0 Å². The van der Waals surface area contributed by atoms with E-state index in [0.717, 1.165) is 19.0 Å². The number of imidazole rings is 1. The minimum atomic E-state index is 0.493. The lowest BCUT2D eigenvalue weighted by Gasteiger charge is -2.26. The van der Waals surface area contributed by atoms with E-state index in [0.29, 0.717) is 12.0 Å². The number of likely N-dealkylation sites (N-methyl/N-ethyl adjacent to an activating group) is 1. The van der Waals surface area contributed by atoms with Gasteiger partial charge in [-0.15, -0.1) is 0 Å². The Balaban J connectivity index is 2.64. The summed E-state index contributed by atoms with van der Waals surface area (Å²) in [5.41, 5.74) is 1.22. The third kappa shape index (κ3) is 4.51. The number of anilines is 1. The summed E-state index contributed by atoms with van der Waals surface area (Å²) in [6.45, 7) is 6.43. The molecule has 1 unspecified atom stereocenters. The summed E-state index contributed by atoms with van der Waals surface area (Å²) in [7, 11) is 10.3. The van der Waals surface area contributed by atoms with Gasteiger partial charge >= 0.3 is 0 Å². The second-order valence-corrected chi connectivity index (χ2v) is 6.00. The second-order valence-electron chi connectivity index (χ2n) is 6.00. The Hall–Kier alpha value is -1.07. The van der Waals surface area contributed by atoms with Gasteiger partial charge < -0.3 is 19.7 Å². The van der Waals surface area contributed by atoms with Gasteiger partial charge in [0.2, 0.25) is 5.95 Å². The van der Waals surface area contributed by atoms with E-state index in [1.54, 1.807) is 0 Å². The van der Waals surface area contributed by atoms with Crippen LogP contribution in [0.15, 0.2) is 6.20 Å². The predicted molar refractivity (Wildman–Crippen MR) is 81.6 cm³/mol. The van der Waals surface area contributed by atoms with E-state index in [1.807, 2.05) is 25.2 Å². The van der Waals surface area contributed by atoms with E-state index in [4.69, 9.17) is 0 Å². The third-order valence-electron chi connectivity index (χ3n) is 3.37. The summed E-state index contributed by atoms with van der Waals surface area (Å²) in [6, 6.07) is 0.493. The van der Waals surface area contributed by atoms with Crippen LogP contribution in [0.3, 0.4) is 0 Å². The highest BCUT2D eigenvalue weighted by molar-refractivity contribution is 5.30. The Kier molecular flexibility index (Phi) is 5.82. The van der Waals surface area contributed by atoms with Crippen molar-refractivity contribution in [2.45, 2.75) is 26.4 Å². The fourth-order valence-electron chi connectivity index (χ4n) is 2.15. The van der Waals surface area contributed by atoms with Crippen LogP contribution in [0.4, 0.5) is 5.95 Å². The van der Waals surface area contributed by atoms with Gasteiger partial charge in [0.1, 0.15) is 0 Å². The Morgan fingerprint density at radius 3 is 2.32 bits per heavy atom. The van der Waals surface area contributed by atoms with Crippen molar-refractivity contribution in [3.05, 3.63) is 11.9 Å².